The molecule has 1 aliphatic heterocycles. The van der Waals surface area contributed by atoms with Crippen molar-refractivity contribution in [2.24, 2.45) is 5.92 Å². The Labute approximate surface area is 140 Å². The molecule has 1 aromatic rings. The fourth-order valence-corrected chi connectivity index (χ4v) is 4.29. The molecule has 0 aromatic heterocycles. The second-order valence-corrected chi connectivity index (χ2v) is 7.17. The Kier molecular flexibility index (Phi) is 5.24. The lowest BCUT2D eigenvalue weighted by Crippen LogP contribution is -2.49. The average molecular weight is 314 g/mol. The highest BCUT2D eigenvalue weighted by molar-refractivity contribution is 5.98. The highest BCUT2D eigenvalue weighted by Gasteiger charge is 2.30. The summed E-state index contributed by atoms with van der Waals surface area (Å²) < 4.78 is 0. The van der Waals surface area contributed by atoms with E-state index in [1.54, 1.807) is 0 Å². The van der Waals surface area contributed by atoms with Gasteiger partial charge in [0.05, 0.1) is 11.4 Å². The van der Waals surface area contributed by atoms with Crippen molar-refractivity contribution in [1.29, 1.82) is 0 Å². The van der Waals surface area contributed by atoms with Crippen LogP contribution in [0.1, 0.15) is 58.8 Å². The molecule has 3 heteroatoms. The van der Waals surface area contributed by atoms with Crippen LogP contribution < -0.4 is 9.80 Å². The normalized spacial score (nSPS) is 22.1. The second-order valence-electron chi connectivity index (χ2n) is 7.17. The fraction of sp³-hybridized carbons (Fsp3) is 0.650. The molecule has 1 aliphatic carbocycles. The number of para-hydroxylation sites is 2. The largest absolute Gasteiger partial charge is 0.366 e. The van der Waals surface area contributed by atoms with Crippen molar-refractivity contribution in [2.75, 3.05) is 22.9 Å². The smallest absolute Gasteiger partial charge is 0.227 e. The molecule has 3 rings (SSSR count). The predicted molar refractivity (Wildman–Crippen MR) is 97.1 cm³/mol. The zero-order chi connectivity index (χ0) is 16.2. The molecular weight excluding hydrogens is 284 g/mol. The Morgan fingerprint density at radius 2 is 1.83 bits per heavy atom. The highest BCUT2D eigenvalue weighted by atomic mass is 16.2. The van der Waals surface area contributed by atoms with Crippen molar-refractivity contribution in [3.8, 4) is 0 Å². The summed E-state index contributed by atoms with van der Waals surface area (Å²) in [5.74, 6) is 1.09. The van der Waals surface area contributed by atoms with Crippen molar-refractivity contribution in [3.63, 3.8) is 0 Å². The van der Waals surface area contributed by atoms with Gasteiger partial charge in [-0.2, -0.15) is 0 Å². The maximum absolute atomic E-state index is 12.9. The van der Waals surface area contributed by atoms with Gasteiger partial charge in [-0.15, -0.1) is 0 Å². The molecule has 2 aliphatic rings. The SMILES string of the molecule is CCN1c2ccccc2N(C(=O)CCC2CCCCC2)CC1C. The standard InChI is InChI=1S/C20H30N2O/c1-3-21-16(2)15-22(19-12-8-7-11-18(19)21)20(23)14-13-17-9-5-4-6-10-17/h7-8,11-12,16-17H,3-6,9-10,13-15H2,1-2H3. The van der Waals surface area contributed by atoms with Crippen LogP contribution in [0, 0.1) is 5.92 Å². The van der Waals surface area contributed by atoms with Crippen LogP contribution in [-0.2, 0) is 4.79 Å². The Morgan fingerprint density at radius 3 is 2.52 bits per heavy atom. The van der Waals surface area contributed by atoms with Gasteiger partial charge in [0.15, 0.2) is 0 Å². The molecule has 0 radical (unpaired) electrons. The summed E-state index contributed by atoms with van der Waals surface area (Å²) in [7, 11) is 0. The van der Waals surface area contributed by atoms with Gasteiger partial charge in [-0.25, -0.2) is 0 Å². The molecule has 126 valence electrons. The number of amides is 1. The van der Waals surface area contributed by atoms with Gasteiger partial charge in [0.2, 0.25) is 5.91 Å². The monoisotopic (exact) mass is 314 g/mol. The Hall–Kier alpha value is -1.51. The van der Waals surface area contributed by atoms with Crippen molar-refractivity contribution in [1.82, 2.24) is 0 Å². The average Bonchev–Trinajstić information content (AvgIpc) is 2.60. The molecule has 3 nitrogen and oxygen atoms in total. The molecule has 1 fully saturated rings. The van der Waals surface area contributed by atoms with Crippen molar-refractivity contribution >= 4 is 17.3 Å². The first-order valence-corrected chi connectivity index (χ1v) is 9.36. The molecule has 0 saturated heterocycles. The van der Waals surface area contributed by atoms with E-state index in [0.717, 1.165) is 31.1 Å². The van der Waals surface area contributed by atoms with E-state index in [1.807, 2.05) is 11.0 Å². The van der Waals surface area contributed by atoms with Crippen molar-refractivity contribution < 1.29 is 4.79 Å². The summed E-state index contributed by atoms with van der Waals surface area (Å²) in [4.78, 5) is 17.3. The zero-order valence-corrected chi connectivity index (χ0v) is 14.6. The number of carbonyl (C=O) groups excluding carboxylic acids is 1. The lowest BCUT2D eigenvalue weighted by molar-refractivity contribution is -0.119. The number of fused-ring (bicyclic) bond motifs is 1. The van der Waals surface area contributed by atoms with E-state index in [2.05, 4.69) is 36.9 Å². The van der Waals surface area contributed by atoms with Gasteiger partial charge in [-0.1, -0.05) is 44.2 Å². The van der Waals surface area contributed by atoms with Gasteiger partial charge in [0, 0.05) is 25.6 Å². The molecule has 0 spiro atoms. The fourth-order valence-electron chi connectivity index (χ4n) is 4.29. The van der Waals surface area contributed by atoms with Crippen molar-refractivity contribution in [2.45, 2.75) is 64.8 Å². The van der Waals surface area contributed by atoms with E-state index in [9.17, 15) is 4.79 Å². The number of rotatable bonds is 4. The summed E-state index contributed by atoms with van der Waals surface area (Å²) in [6, 6.07) is 8.75. The van der Waals surface area contributed by atoms with Crippen LogP contribution in [0.25, 0.3) is 0 Å². The Balaban J connectivity index is 1.70. The molecule has 0 bridgehead atoms. The third-order valence-corrected chi connectivity index (χ3v) is 5.59. The minimum Gasteiger partial charge on any atom is -0.366 e. The summed E-state index contributed by atoms with van der Waals surface area (Å²) in [5.41, 5.74) is 2.31. The van der Waals surface area contributed by atoms with E-state index < -0.39 is 0 Å². The summed E-state index contributed by atoms with van der Waals surface area (Å²) >= 11 is 0. The topological polar surface area (TPSA) is 23.6 Å². The molecule has 1 aromatic carbocycles. The van der Waals surface area contributed by atoms with Crippen LogP contribution in [0.3, 0.4) is 0 Å². The van der Waals surface area contributed by atoms with Crippen LogP contribution in [0.2, 0.25) is 0 Å². The lowest BCUT2D eigenvalue weighted by atomic mass is 9.86. The molecule has 1 heterocycles. The van der Waals surface area contributed by atoms with Gasteiger partial charge in [-0.3, -0.25) is 4.79 Å². The quantitative estimate of drug-likeness (QED) is 0.810. The number of carbonyl (C=O) groups is 1. The zero-order valence-electron chi connectivity index (χ0n) is 14.6. The maximum atomic E-state index is 12.9. The minimum atomic E-state index is 0.311. The number of nitrogens with zero attached hydrogens (tertiary/aromatic N) is 2. The molecule has 1 atom stereocenters. The first-order chi connectivity index (χ1) is 11.2. The van der Waals surface area contributed by atoms with E-state index in [4.69, 9.17) is 0 Å². The summed E-state index contributed by atoms with van der Waals surface area (Å²) in [6.07, 6.45) is 8.52. The predicted octanol–water partition coefficient (Wildman–Crippen LogP) is 4.61. The van der Waals surface area contributed by atoms with Gasteiger partial charge in [-0.05, 0) is 38.3 Å². The molecule has 1 saturated carbocycles. The van der Waals surface area contributed by atoms with Gasteiger partial charge in [0.1, 0.15) is 0 Å². The minimum absolute atomic E-state index is 0.311. The third kappa shape index (κ3) is 3.54. The second kappa shape index (κ2) is 7.37. The van der Waals surface area contributed by atoms with Gasteiger partial charge >= 0.3 is 0 Å². The number of anilines is 2. The van der Waals surface area contributed by atoms with Crippen molar-refractivity contribution in [3.05, 3.63) is 24.3 Å². The maximum Gasteiger partial charge on any atom is 0.227 e. The first-order valence-electron chi connectivity index (χ1n) is 9.36. The number of benzene rings is 1. The summed E-state index contributed by atoms with van der Waals surface area (Å²) in [6.45, 7) is 6.21. The molecule has 1 unspecified atom stereocenters. The van der Waals surface area contributed by atoms with E-state index >= 15 is 0 Å². The lowest BCUT2D eigenvalue weighted by Gasteiger charge is -2.42. The van der Waals surface area contributed by atoms with Crippen LogP contribution in [0.15, 0.2) is 24.3 Å². The molecular formula is C20H30N2O. The third-order valence-electron chi connectivity index (χ3n) is 5.59. The van der Waals surface area contributed by atoms with Gasteiger partial charge < -0.3 is 9.80 Å². The number of hydrogen-bond donors (Lipinski definition) is 0. The van der Waals surface area contributed by atoms with E-state index in [0.29, 0.717) is 18.4 Å². The highest BCUT2D eigenvalue weighted by Crippen LogP contribution is 2.36. The Bertz CT molecular complexity index is 536. The molecule has 23 heavy (non-hydrogen) atoms. The van der Waals surface area contributed by atoms with Gasteiger partial charge in [0.25, 0.3) is 0 Å². The number of hydrogen-bond acceptors (Lipinski definition) is 2. The van der Waals surface area contributed by atoms with E-state index in [1.165, 1.54) is 37.8 Å². The van der Waals surface area contributed by atoms with Crippen LogP contribution in [0.5, 0.6) is 0 Å². The van der Waals surface area contributed by atoms with Crippen LogP contribution >= 0.6 is 0 Å². The molecule has 1 amide bonds. The first kappa shape index (κ1) is 16.4. The number of likely N-dealkylation sites (N-methyl/N-ethyl adjacent to an activating group) is 1. The van der Waals surface area contributed by atoms with Crippen LogP contribution in [0.4, 0.5) is 11.4 Å². The van der Waals surface area contributed by atoms with Crippen LogP contribution in [-0.4, -0.2) is 25.0 Å². The summed E-state index contributed by atoms with van der Waals surface area (Å²) in [5, 5.41) is 0. The van der Waals surface area contributed by atoms with E-state index in [-0.39, 0.29) is 0 Å². The Morgan fingerprint density at radius 1 is 1.13 bits per heavy atom. The molecule has 0 N–H and O–H groups in total.